The number of carbonyl (C=O) groups is 3. The third-order valence-corrected chi connectivity index (χ3v) is 12.5. The molecule has 3 heterocycles. The van der Waals surface area contributed by atoms with E-state index in [1.165, 1.54) is 65.4 Å². The predicted octanol–water partition coefficient (Wildman–Crippen LogP) is 6.59. The zero-order valence-electron chi connectivity index (χ0n) is 37.8. The molecule has 0 saturated carbocycles. The van der Waals surface area contributed by atoms with Gasteiger partial charge in [0.2, 0.25) is 0 Å². The van der Waals surface area contributed by atoms with Gasteiger partial charge in [-0.05, 0) is 40.1 Å². The predicted molar refractivity (Wildman–Crippen MR) is 241 cm³/mol. The maximum atomic E-state index is 14.7. The Labute approximate surface area is 375 Å². The van der Waals surface area contributed by atoms with E-state index >= 15 is 0 Å². The lowest BCUT2D eigenvalue weighted by Crippen LogP contribution is -2.46. The summed E-state index contributed by atoms with van der Waals surface area (Å²) >= 11 is 6.67. The molecule has 64 heavy (non-hydrogen) atoms. The van der Waals surface area contributed by atoms with Crippen LogP contribution in [-0.4, -0.2) is 107 Å². The van der Waals surface area contributed by atoms with Gasteiger partial charge in [-0.15, -0.1) is 0 Å². The number of carbonyl (C=O) groups excluding carboxylic acids is 3. The number of nitrogens with zero attached hydrogens (tertiary/aromatic N) is 2. The van der Waals surface area contributed by atoms with Crippen LogP contribution in [0.2, 0.25) is 5.02 Å². The number of rotatable bonds is 6. The van der Waals surface area contributed by atoms with Gasteiger partial charge < -0.3 is 53.6 Å². The summed E-state index contributed by atoms with van der Waals surface area (Å²) in [6.07, 6.45) is 3.51. The summed E-state index contributed by atoms with van der Waals surface area (Å²) in [5, 5.41) is 37.5. The molecule has 2 aliphatic rings. The van der Waals surface area contributed by atoms with Gasteiger partial charge in [-0.3, -0.25) is 19.2 Å². The lowest BCUT2D eigenvalue weighted by molar-refractivity contribution is -0.160. The number of nitrogens with one attached hydrogen (secondary N) is 1. The molecule has 4 aromatic rings. The Bertz CT molecular complexity index is 2660. The number of phenolic OH excluding ortho intramolecular Hbond substituents is 1. The van der Waals surface area contributed by atoms with Gasteiger partial charge in [-0.1, -0.05) is 57.5 Å². The first kappa shape index (κ1) is 47.9. The number of aliphatic hydroxyl groups excluding tert-OH is 2. The van der Waals surface area contributed by atoms with E-state index < -0.39 is 82.7 Å². The number of phenols is 1. The highest BCUT2D eigenvalue weighted by atomic mass is 35.5. The third-order valence-electron chi connectivity index (χ3n) is 12.2. The van der Waals surface area contributed by atoms with Gasteiger partial charge in [0.15, 0.2) is 22.3 Å². The van der Waals surface area contributed by atoms with E-state index in [1.807, 2.05) is 19.0 Å². The molecule has 4 N–H and O–H groups in total. The van der Waals surface area contributed by atoms with Crippen LogP contribution in [-0.2, 0) is 23.8 Å². The first-order chi connectivity index (χ1) is 30.1. The number of hydrogen-bond acceptors (Lipinski definition) is 15. The van der Waals surface area contributed by atoms with Gasteiger partial charge >= 0.3 is 11.8 Å². The average molecular weight is 906 g/mol. The minimum Gasteiger partial charge on any atom is -0.505 e. The number of likely N-dealkylation sites (N-methyl/N-ethyl adjacent to an activating group) is 1. The highest BCUT2D eigenvalue weighted by molar-refractivity contribution is 6.33. The number of methoxy groups -OCH3 is 1. The van der Waals surface area contributed by atoms with Crippen molar-refractivity contribution in [1.29, 1.82) is 0 Å². The van der Waals surface area contributed by atoms with Gasteiger partial charge in [0, 0.05) is 73.8 Å². The fraction of sp³-hybridized carbons (Fsp3) is 0.468. The molecule has 9 atom stereocenters. The molecule has 6 rings (SSSR count). The Morgan fingerprint density at radius 3 is 2.38 bits per heavy atom. The number of allylic oxidation sites excluding steroid dienone is 2. The van der Waals surface area contributed by atoms with Gasteiger partial charge in [-0.2, -0.15) is 0 Å². The van der Waals surface area contributed by atoms with Crippen LogP contribution in [0.15, 0.2) is 57.5 Å². The Balaban J connectivity index is 1.59. The maximum absolute atomic E-state index is 14.7. The lowest BCUT2D eigenvalue weighted by atomic mass is 9.78. The van der Waals surface area contributed by atoms with E-state index in [4.69, 9.17) is 44.7 Å². The number of aromatic hydroxyl groups is 1. The van der Waals surface area contributed by atoms with Crippen molar-refractivity contribution in [2.45, 2.75) is 85.6 Å². The van der Waals surface area contributed by atoms with Crippen molar-refractivity contribution in [1.82, 2.24) is 9.88 Å². The number of amides is 1. The Morgan fingerprint density at radius 2 is 1.72 bits per heavy atom. The van der Waals surface area contributed by atoms with E-state index in [-0.39, 0.29) is 71.9 Å². The first-order valence-electron chi connectivity index (χ1n) is 21.0. The summed E-state index contributed by atoms with van der Waals surface area (Å²) in [4.78, 5) is 62.2. The number of aromatic nitrogens is 1. The number of ketones is 1. The van der Waals surface area contributed by atoms with E-state index in [9.17, 15) is 34.5 Å². The van der Waals surface area contributed by atoms with E-state index in [2.05, 4.69) is 5.32 Å². The number of Topliss-reactive ketones (excluding diaryl/α,β-unsaturated/α-hetero) is 1. The van der Waals surface area contributed by atoms with Crippen molar-refractivity contribution in [3.63, 3.8) is 0 Å². The molecular formula is C47H56ClN3O13. The average Bonchev–Trinajstić information content (AvgIpc) is 3.51. The summed E-state index contributed by atoms with van der Waals surface area (Å²) in [7, 11) is 5.22. The molecule has 16 nitrogen and oxygen atoms in total. The van der Waals surface area contributed by atoms with Gasteiger partial charge in [-0.25, -0.2) is 4.98 Å². The Hall–Kier alpha value is -5.52. The van der Waals surface area contributed by atoms with Crippen LogP contribution in [0, 0.1) is 30.6 Å². The molecule has 4 bridgehead atoms. The van der Waals surface area contributed by atoms with Crippen LogP contribution in [0.5, 0.6) is 17.2 Å². The van der Waals surface area contributed by atoms with Crippen LogP contribution >= 0.6 is 11.6 Å². The van der Waals surface area contributed by atoms with Crippen molar-refractivity contribution in [2.24, 2.45) is 23.7 Å². The summed E-state index contributed by atoms with van der Waals surface area (Å²) in [6, 6.07) is 3.02. The standard InChI is InChI=1S/C47H56ClN3O13/c1-21-13-12-14-22(2)46(58)50-37-41(56)34-33(36-44(37)63-32-20-31(60-18-16-51(9)10)28(48)19-29(32)49-36)35-43(26(6)40(34)55)64-47(8,45(35)57)61-17-15-30(59-11)23(3)42(62-27(7)52)25(5)39(54)24(4)38(21)53/h12-15,17,19-21,23-25,30,38-39,42,53-54,56H,16,18H2,1-11H3,(H,50,58)/b13-12+,17-15+,22-14-/t21-,23+,24+,25+,30-,38-,39+,42+,47-/m0/s1. The summed E-state index contributed by atoms with van der Waals surface area (Å²) in [6.45, 7) is 13.4. The highest BCUT2D eigenvalue weighted by Crippen LogP contribution is 2.49. The maximum Gasteiger partial charge on any atom is 0.312 e. The molecule has 0 unspecified atom stereocenters. The zero-order valence-corrected chi connectivity index (χ0v) is 38.5. The monoisotopic (exact) mass is 905 g/mol. The number of esters is 1. The minimum absolute atomic E-state index is 0.0307. The fourth-order valence-electron chi connectivity index (χ4n) is 8.26. The van der Waals surface area contributed by atoms with Crippen LogP contribution < -0.4 is 20.2 Å². The zero-order chi connectivity index (χ0) is 47.1. The molecule has 344 valence electrons. The molecule has 0 spiro atoms. The molecule has 1 amide bonds. The number of halogens is 1. The molecule has 0 aliphatic carbocycles. The Morgan fingerprint density at radius 1 is 1.02 bits per heavy atom. The molecule has 0 radical (unpaired) electrons. The van der Waals surface area contributed by atoms with Gasteiger partial charge in [0.25, 0.3) is 11.7 Å². The number of fused-ring (bicyclic) bond motifs is 2. The van der Waals surface area contributed by atoms with Gasteiger partial charge in [0.1, 0.15) is 40.9 Å². The summed E-state index contributed by atoms with van der Waals surface area (Å²) in [5.74, 6) is -7.15. The lowest BCUT2D eigenvalue weighted by Gasteiger charge is -2.38. The normalized spacial score (nSPS) is 28.8. The largest absolute Gasteiger partial charge is 0.505 e. The first-order valence-corrected chi connectivity index (χ1v) is 21.4. The topological polar surface area (TPSA) is 216 Å². The summed E-state index contributed by atoms with van der Waals surface area (Å²) < 4.78 is 36.2. The quantitative estimate of drug-likeness (QED) is 0.0695. The second-order valence-electron chi connectivity index (χ2n) is 17.1. The number of aliphatic hydroxyl groups is 2. The van der Waals surface area contributed by atoms with Gasteiger partial charge in [0.05, 0.1) is 40.5 Å². The molecule has 0 fully saturated rings. The van der Waals surface area contributed by atoms with Crippen LogP contribution in [0.1, 0.15) is 64.4 Å². The molecule has 0 saturated heterocycles. The third kappa shape index (κ3) is 9.07. The number of benzene rings is 3. The number of anilines is 1. The van der Waals surface area contributed by atoms with E-state index in [1.54, 1.807) is 39.8 Å². The fourth-order valence-corrected chi connectivity index (χ4v) is 8.47. The van der Waals surface area contributed by atoms with Crippen LogP contribution in [0.4, 0.5) is 5.69 Å². The van der Waals surface area contributed by atoms with E-state index in [0.29, 0.717) is 13.2 Å². The number of ether oxygens (including phenoxy) is 5. The molecular weight excluding hydrogens is 850 g/mol. The van der Waals surface area contributed by atoms with Crippen LogP contribution in [0.3, 0.4) is 0 Å². The number of hydrogen-bond donors (Lipinski definition) is 4. The van der Waals surface area contributed by atoms with E-state index in [0.717, 1.165) is 0 Å². The summed E-state index contributed by atoms with van der Waals surface area (Å²) in [5.41, 5.74) is -0.944. The van der Waals surface area contributed by atoms with Crippen molar-refractivity contribution >= 4 is 67.9 Å². The second-order valence-corrected chi connectivity index (χ2v) is 17.5. The SMILES string of the molecule is CO[C@H]1/C=C/O[C@@]2(C)Oc3c(C)c(=O)c4c(O)c(c5oc6cc(OCCN(C)C)c(Cl)cc6nc5c4c3C2=O)NC(=O)/C(C)=C\C=C\[C@H](C)[C@H](O)[C@@H](C)[C@@H](O)[C@@H](C)[C@H](OC(C)=O)[C@@H]1C. The molecule has 17 heteroatoms. The van der Waals surface area contributed by atoms with Crippen molar-refractivity contribution < 1.29 is 57.8 Å². The molecule has 1 aromatic heterocycles. The Kier molecular flexibility index (Phi) is 14.2. The second kappa shape index (κ2) is 18.9. The van der Waals surface area contributed by atoms with Crippen molar-refractivity contribution in [3.05, 3.63) is 74.6 Å². The van der Waals surface area contributed by atoms with Crippen LogP contribution in [0.25, 0.3) is 33.0 Å². The molecule has 2 aliphatic heterocycles. The van der Waals surface area contributed by atoms with Crippen molar-refractivity contribution in [2.75, 3.05) is 39.7 Å². The minimum atomic E-state index is -2.07. The molecule has 3 aromatic carbocycles. The van der Waals surface area contributed by atoms with Crippen molar-refractivity contribution in [3.8, 4) is 17.2 Å². The smallest absolute Gasteiger partial charge is 0.312 e. The highest BCUT2D eigenvalue weighted by Gasteiger charge is 2.49.